The molecule has 6 atom stereocenters. The van der Waals surface area contributed by atoms with E-state index in [9.17, 15) is 4.79 Å². The van der Waals surface area contributed by atoms with Crippen molar-refractivity contribution in [3.63, 3.8) is 0 Å². The average Bonchev–Trinajstić information content (AvgIpc) is 3.72. The Balaban J connectivity index is 1.03. The SMILES string of the molecule is Cc1cc2c(c(C(C)(C)C)c1)OP(Oc1cccc3cc4c5c(c13)OP(OC1=C(c3cc(C)cc(C(C)(C)C)c3OP3OC(=O)c6ccccc6O3)C=C(Cl)CC1C(C)(C)C)OC5=CCC4)OC1C2=CC(Cl)=CC1C(C)(C)C. The Morgan fingerprint density at radius 3 is 2.06 bits per heavy atom. The highest BCUT2D eigenvalue weighted by Crippen LogP contribution is 2.64. The van der Waals surface area contributed by atoms with Gasteiger partial charge in [0.25, 0.3) is 0 Å². The van der Waals surface area contributed by atoms with Gasteiger partial charge in [0.15, 0.2) is 5.75 Å². The smallest absolute Gasteiger partial charge is 0.417 e. The lowest BCUT2D eigenvalue weighted by Gasteiger charge is -2.38. The first-order chi connectivity index (χ1) is 36.7. The molecule has 0 saturated carbocycles. The lowest BCUT2D eigenvalue weighted by Crippen LogP contribution is -2.34. The molecule has 0 bridgehead atoms. The minimum absolute atomic E-state index is 0.0963. The van der Waals surface area contributed by atoms with E-state index in [0.717, 1.165) is 73.9 Å². The molecule has 10 nitrogen and oxygen atoms in total. The number of rotatable bonds is 7. The van der Waals surface area contributed by atoms with Crippen LogP contribution in [0.2, 0.25) is 0 Å². The fourth-order valence-electron chi connectivity index (χ4n) is 11.1. The second-order valence-electron chi connectivity index (χ2n) is 25.3. The van der Waals surface area contributed by atoms with Gasteiger partial charge < -0.3 is 36.2 Å². The first kappa shape index (κ1) is 54.9. The standard InChI is InChI=1S/C63H67Cl2O10P3/c1-34-25-41-43-30-38(64)32-47(62(9,10)11)56(43)71-76(70-54(41)45(27-34)60(3,4)5)68-50-23-17-19-36-29-37-20-18-24-51-53(37)58(52(36)50)74-77(69-51)72-57-44(31-39(65)33-48(57)63(12,13)14)42-26-35(2)28-46(61(6,7)8)55(42)73-78-67-49-22-16-15-21-40(49)59(66)75-78/h15-17,19,21-32,47-48,56H,18,20,33H2,1-14H3. The Kier molecular flexibility index (Phi) is 14.2. The highest BCUT2D eigenvalue weighted by molar-refractivity contribution is 7.43. The number of hydrogen-bond acceptors (Lipinski definition) is 10. The lowest BCUT2D eigenvalue weighted by atomic mass is 9.71. The number of para-hydroxylation sites is 1. The van der Waals surface area contributed by atoms with Crippen molar-refractivity contribution >= 4 is 82.7 Å². The van der Waals surface area contributed by atoms with Gasteiger partial charge in [-0.3, -0.25) is 4.52 Å². The summed E-state index contributed by atoms with van der Waals surface area (Å²) in [4.78, 5) is 13.4. The molecular weight excluding hydrogens is 1080 g/mol. The molecular formula is C63H67Cl2O10P3. The number of aryl methyl sites for hydroxylation is 3. The van der Waals surface area contributed by atoms with E-state index in [4.69, 9.17) is 63.9 Å². The van der Waals surface area contributed by atoms with Crippen LogP contribution in [-0.2, 0) is 35.3 Å². The van der Waals surface area contributed by atoms with Gasteiger partial charge in [-0.2, -0.15) is 0 Å². The molecule has 15 heteroatoms. The van der Waals surface area contributed by atoms with Crippen molar-refractivity contribution in [2.75, 3.05) is 0 Å². The topological polar surface area (TPSA) is 100 Å². The minimum atomic E-state index is -2.22. The maximum Gasteiger partial charge on any atom is 0.532 e. The maximum atomic E-state index is 13.4. The second-order valence-corrected chi connectivity index (χ2v) is 29.3. The third-order valence-corrected chi connectivity index (χ3v) is 18.7. The summed E-state index contributed by atoms with van der Waals surface area (Å²) in [7, 11) is -6.49. The van der Waals surface area contributed by atoms with E-state index < -0.39 is 43.3 Å². The summed E-state index contributed by atoms with van der Waals surface area (Å²) in [6, 6.07) is 23.8. The number of benzene rings is 5. The molecule has 78 heavy (non-hydrogen) atoms. The first-order valence-corrected chi connectivity index (χ1v) is 30.7. The summed E-state index contributed by atoms with van der Waals surface area (Å²) in [5, 5.41) is 3.00. The molecule has 0 amide bonds. The van der Waals surface area contributed by atoms with Crippen LogP contribution in [0.4, 0.5) is 0 Å². The predicted molar refractivity (Wildman–Crippen MR) is 316 cm³/mol. The summed E-state index contributed by atoms with van der Waals surface area (Å²) < 4.78 is 62.0. The van der Waals surface area contributed by atoms with E-state index in [1.807, 2.05) is 30.4 Å². The van der Waals surface area contributed by atoms with Crippen LogP contribution < -0.4 is 22.6 Å². The van der Waals surface area contributed by atoms with Gasteiger partial charge in [-0.05, 0) is 137 Å². The molecule has 0 radical (unpaired) electrons. The van der Waals surface area contributed by atoms with Gasteiger partial charge >= 0.3 is 31.8 Å². The van der Waals surface area contributed by atoms with Crippen molar-refractivity contribution in [1.29, 1.82) is 0 Å². The summed E-state index contributed by atoms with van der Waals surface area (Å²) in [5.41, 5.74) is 8.40. The van der Waals surface area contributed by atoms with Gasteiger partial charge in [0.05, 0.1) is 10.9 Å². The number of halogens is 2. The quantitative estimate of drug-likeness (QED) is 0.147. The van der Waals surface area contributed by atoms with Crippen molar-refractivity contribution < 1.29 is 45.5 Å². The van der Waals surface area contributed by atoms with Crippen LogP contribution in [0.5, 0.6) is 28.7 Å². The van der Waals surface area contributed by atoms with E-state index in [1.54, 1.807) is 18.2 Å². The third-order valence-electron chi connectivity index (χ3n) is 15.1. The highest BCUT2D eigenvalue weighted by atomic mass is 35.5. The van der Waals surface area contributed by atoms with Crippen molar-refractivity contribution in [1.82, 2.24) is 0 Å². The molecule has 3 aliphatic heterocycles. The zero-order valence-corrected chi connectivity index (χ0v) is 51.0. The van der Waals surface area contributed by atoms with E-state index in [2.05, 4.69) is 145 Å². The molecule has 0 spiro atoms. The molecule has 408 valence electrons. The Labute approximate surface area is 473 Å². The van der Waals surface area contributed by atoms with Crippen molar-refractivity contribution in [2.45, 2.75) is 133 Å². The van der Waals surface area contributed by atoms with Crippen LogP contribution >= 0.6 is 49.0 Å². The van der Waals surface area contributed by atoms with E-state index in [-0.39, 0.29) is 28.1 Å². The number of fused-ring (bicyclic) bond motifs is 6. The minimum Gasteiger partial charge on any atom is -0.417 e. The molecule has 0 aromatic heterocycles. The van der Waals surface area contributed by atoms with Crippen LogP contribution in [0.3, 0.4) is 0 Å². The molecule has 3 aliphatic carbocycles. The fraction of sp³-hybridized carbons (Fsp3) is 0.381. The maximum absolute atomic E-state index is 13.4. The third kappa shape index (κ3) is 10.5. The van der Waals surface area contributed by atoms with Crippen LogP contribution in [0.15, 0.2) is 113 Å². The van der Waals surface area contributed by atoms with Gasteiger partial charge in [-0.1, -0.05) is 149 Å². The Hall–Kier alpha value is -5.04. The summed E-state index contributed by atoms with van der Waals surface area (Å²) in [6.07, 6.45) is 9.87. The van der Waals surface area contributed by atoms with Crippen molar-refractivity contribution in [2.24, 2.45) is 22.7 Å². The van der Waals surface area contributed by atoms with Gasteiger partial charge in [-0.15, -0.1) is 0 Å². The van der Waals surface area contributed by atoms with Crippen LogP contribution in [0.25, 0.3) is 27.7 Å². The summed E-state index contributed by atoms with van der Waals surface area (Å²) in [6.45, 7) is 30.3. The molecule has 5 aromatic carbocycles. The molecule has 11 rings (SSSR count). The highest BCUT2D eigenvalue weighted by Gasteiger charge is 2.46. The number of carbonyl (C=O) groups is 1. The molecule has 0 N–H and O–H groups in total. The summed E-state index contributed by atoms with van der Waals surface area (Å²) in [5.74, 6) is 3.24. The normalized spacial score (nSPS) is 22.9. The van der Waals surface area contributed by atoms with Crippen molar-refractivity contribution in [3.05, 3.63) is 163 Å². The predicted octanol–water partition coefficient (Wildman–Crippen LogP) is 19.7. The first-order valence-electron chi connectivity index (χ1n) is 26.6. The van der Waals surface area contributed by atoms with E-state index in [0.29, 0.717) is 67.7 Å². The van der Waals surface area contributed by atoms with Gasteiger partial charge in [0.2, 0.25) is 0 Å². The van der Waals surface area contributed by atoms with Gasteiger partial charge in [0.1, 0.15) is 46.2 Å². The lowest BCUT2D eigenvalue weighted by molar-refractivity contribution is 0.0697. The monoisotopic (exact) mass is 1150 g/mol. The molecule has 5 aromatic rings. The number of allylic oxidation sites excluding steroid dienone is 7. The Morgan fingerprint density at radius 2 is 1.35 bits per heavy atom. The molecule has 6 unspecified atom stereocenters. The second kappa shape index (κ2) is 20.2. The summed E-state index contributed by atoms with van der Waals surface area (Å²) >= 11 is 14.2. The van der Waals surface area contributed by atoms with Crippen LogP contribution in [-0.4, -0.2) is 12.1 Å². The molecule has 6 aliphatic rings. The van der Waals surface area contributed by atoms with Crippen LogP contribution in [0.1, 0.15) is 151 Å². The molecule has 0 fully saturated rings. The van der Waals surface area contributed by atoms with Crippen molar-refractivity contribution in [3.8, 4) is 28.7 Å². The molecule has 0 saturated heterocycles. The van der Waals surface area contributed by atoms with Gasteiger partial charge in [0, 0.05) is 49.7 Å². The zero-order chi connectivity index (χ0) is 55.5. The van der Waals surface area contributed by atoms with E-state index in [1.165, 1.54) is 0 Å². The average molecular weight is 1150 g/mol. The van der Waals surface area contributed by atoms with Crippen LogP contribution in [0, 0.1) is 36.5 Å². The Bertz CT molecular complexity index is 3480. The molecule has 3 heterocycles. The number of hydrogen-bond donors (Lipinski definition) is 0. The zero-order valence-electron chi connectivity index (χ0n) is 46.8. The largest absolute Gasteiger partial charge is 0.532 e. The fourth-order valence-corrected chi connectivity index (χ4v) is 15.0. The number of carbonyl (C=O) groups excluding carboxylic acids is 1. The van der Waals surface area contributed by atoms with E-state index >= 15 is 0 Å². The Morgan fingerprint density at radius 1 is 0.654 bits per heavy atom. The van der Waals surface area contributed by atoms with Gasteiger partial charge in [-0.25, -0.2) is 4.79 Å².